The summed E-state index contributed by atoms with van der Waals surface area (Å²) in [5, 5.41) is 4.25. The smallest absolute Gasteiger partial charge is 0.256 e. The molecule has 2 aliphatic heterocycles. The number of aryl methyl sites for hydroxylation is 1. The fraction of sp³-hybridized carbons (Fsp3) is 0.455. The maximum Gasteiger partial charge on any atom is 0.256 e. The number of aromatic nitrogens is 2. The second-order valence-electron chi connectivity index (χ2n) is 7.74. The molecule has 1 saturated heterocycles. The van der Waals surface area contributed by atoms with E-state index in [1.165, 1.54) is 5.56 Å². The SMILES string of the molecule is Cn1cc(CN2CCO[C@]3(CC=CCN(CCc4ccccc4)C3=O)C2)cn1. The highest BCUT2D eigenvalue weighted by Gasteiger charge is 2.45. The highest BCUT2D eigenvalue weighted by Crippen LogP contribution is 2.28. The molecule has 1 amide bonds. The number of benzene rings is 1. The number of carbonyl (C=O) groups is 1. The van der Waals surface area contributed by atoms with Gasteiger partial charge in [0.15, 0.2) is 5.60 Å². The molecule has 1 aromatic heterocycles. The Kier molecular flexibility index (Phi) is 5.59. The van der Waals surface area contributed by atoms with Crippen LogP contribution in [-0.2, 0) is 29.5 Å². The molecule has 6 heteroatoms. The van der Waals surface area contributed by atoms with Crippen LogP contribution in [0.2, 0.25) is 0 Å². The molecule has 0 saturated carbocycles. The molecular weight excluding hydrogens is 352 g/mol. The monoisotopic (exact) mass is 380 g/mol. The summed E-state index contributed by atoms with van der Waals surface area (Å²) < 4.78 is 7.97. The van der Waals surface area contributed by atoms with Gasteiger partial charge in [0.05, 0.1) is 12.8 Å². The number of rotatable bonds is 5. The molecule has 0 N–H and O–H groups in total. The minimum atomic E-state index is -0.774. The molecular formula is C22H28N4O2. The molecule has 1 atom stereocenters. The van der Waals surface area contributed by atoms with E-state index in [1.807, 2.05) is 47.2 Å². The molecule has 0 radical (unpaired) electrons. The van der Waals surface area contributed by atoms with Crippen molar-refractivity contribution in [3.05, 3.63) is 66.0 Å². The number of nitrogens with zero attached hydrogens (tertiary/aromatic N) is 4. The number of carbonyl (C=O) groups excluding carboxylic acids is 1. The van der Waals surface area contributed by atoms with E-state index in [2.05, 4.69) is 34.3 Å². The van der Waals surface area contributed by atoms with Crippen molar-refractivity contribution in [2.45, 2.75) is 25.0 Å². The Morgan fingerprint density at radius 2 is 2.04 bits per heavy atom. The Bertz CT molecular complexity index is 832. The summed E-state index contributed by atoms with van der Waals surface area (Å²) in [6, 6.07) is 10.3. The fourth-order valence-electron chi connectivity index (χ4n) is 4.09. The average molecular weight is 380 g/mol. The van der Waals surface area contributed by atoms with E-state index in [9.17, 15) is 4.79 Å². The van der Waals surface area contributed by atoms with Gasteiger partial charge in [-0.15, -0.1) is 0 Å². The summed E-state index contributed by atoms with van der Waals surface area (Å²) in [6.07, 6.45) is 9.62. The van der Waals surface area contributed by atoms with Crippen molar-refractivity contribution in [3.63, 3.8) is 0 Å². The van der Waals surface area contributed by atoms with Crippen molar-refractivity contribution in [1.29, 1.82) is 0 Å². The van der Waals surface area contributed by atoms with Crippen LogP contribution in [0.25, 0.3) is 0 Å². The largest absolute Gasteiger partial charge is 0.362 e. The van der Waals surface area contributed by atoms with Crippen LogP contribution in [0.3, 0.4) is 0 Å². The molecule has 0 bridgehead atoms. The first-order valence-corrected chi connectivity index (χ1v) is 9.97. The topological polar surface area (TPSA) is 50.6 Å². The van der Waals surface area contributed by atoms with Crippen LogP contribution in [0, 0.1) is 0 Å². The van der Waals surface area contributed by atoms with Crippen LogP contribution >= 0.6 is 0 Å². The normalized spacial score (nSPS) is 23.3. The van der Waals surface area contributed by atoms with Gasteiger partial charge < -0.3 is 9.64 Å². The first kappa shape index (κ1) is 18.9. The number of morpholine rings is 1. The molecule has 0 unspecified atom stereocenters. The van der Waals surface area contributed by atoms with Crippen LogP contribution in [0.1, 0.15) is 17.5 Å². The van der Waals surface area contributed by atoms with E-state index < -0.39 is 5.60 Å². The zero-order valence-electron chi connectivity index (χ0n) is 16.5. The van der Waals surface area contributed by atoms with Crippen molar-refractivity contribution in [3.8, 4) is 0 Å². The zero-order valence-corrected chi connectivity index (χ0v) is 16.5. The van der Waals surface area contributed by atoms with E-state index in [0.29, 0.717) is 32.7 Å². The first-order chi connectivity index (χ1) is 13.6. The van der Waals surface area contributed by atoms with Gasteiger partial charge in [0.2, 0.25) is 0 Å². The lowest BCUT2D eigenvalue weighted by molar-refractivity contribution is -0.170. The molecule has 28 heavy (non-hydrogen) atoms. The van der Waals surface area contributed by atoms with E-state index in [-0.39, 0.29) is 5.91 Å². The second-order valence-corrected chi connectivity index (χ2v) is 7.74. The fourth-order valence-corrected chi connectivity index (χ4v) is 4.09. The van der Waals surface area contributed by atoms with Gasteiger partial charge in [-0.05, 0) is 12.0 Å². The Labute approximate surface area is 166 Å². The number of hydrogen-bond donors (Lipinski definition) is 0. The quantitative estimate of drug-likeness (QED) is 0.745. The van der Waals surface area contributed by atoms with Crippen LogP contribution in [0.4, 0.5) is 0 Å². The molecule has 1 spiro atoms. The van der Waals surface area contributed by atoms with E-state index in [0.717, 1.165) is 25.1 Å². The summed E-state index contributed by atoms with van der Waals surface area (Å²) in [5.41, 5.74) is 1.64. The second kappa shape index (κ2) is 8.29. The van der Waals surface area contributed by atoms with Crippen LogP contribution in [0.5, 0.6) is 0 Å². The predicted molar refractivity (Wildman–Crippen MR) is 108 cm³/mol. The van der Waals surface area contributed by atoms with Crippen molar-refractivity contribution in [2.24, 2.45) is 7.05 Å². The zero-order chi connectivity index (χ0) is 19.4. The lowest BCUT2D eigenvalue weighted by atomic mass is 9.95. The third-order valence-corrected chi connectivity index (χ3v) is 5.56. The van der Waals surface area contributed by atoms with Gasteiger partial charge in [0.25, 0.3) is 5.91 Å². The lowest BCUT2D eigenvalue weighted by Gasteiger charge is -2.42. The minimum absolute atomic E-state index is 0.115. The van der Waals surface area contributed by atoms with Crippen molar-refractivity contribution < 1.29 is 9.53 Å². The lowest BCUT2D eigenvalue weighted by Crippen LogP contribution is -2.60. The standard InChI is InChI=1S/C22H28N4O2/c1-24-16-20(15-23-24)17-25-13-14-28-22(18-25)10-5-6-11-26(21(22)27)12-9-19-7-3-2-4-8-19/h2-8,15-16H,9-14,17-18H2,1H3/t22-/m1/s1. The third-order valence-electron chi connectivity index (χ3n) is 5.56. The van der Waals surface area contributed by atoms with E-state index in [4.69, 9.17) is 4.74 Å². The summed E-state index contributed by atoms with van der Waals surface area (Å²) in [4.78, 5) is 17.7. The Hall–Kier alpha value is -2.44. The molecule has 2 aromatic rings. The number of hydrogen-bond acceptors (Lipinski definition) is 4. The highest BCUT2D eigenvalue weighted by atomic mass is 16.5. The number of amides is 1. The van der Waals surface area contributed by atoms with Gasteiger partial charge in [0, 0.05) is 58.0 Å². The Balaban J connectivity index is 1.45. The maximum absolute atomic E-state index is 13.5. The van der Waals surface area contributed by atoms with Gasteiger partial charge in [-0.2, -0.15) is 5.10 Å². The predicted octanol–water partition coefficient (Wildman–Crippen LogP) is 2.02. The number of ether oxygens (including phenoxy) is 1. The summed E-state index contributed by atoms with van der Waals surface area (Å²) in [6.45, 7) is 4.18. The van der Waals surface area contributed by atoms with Crippen LogP contribution in [0.15, 0.2) is 54.9 Å². The van der Waals surface area contributed by atoms with Crippen LogP contribution in [-0.4, -0.2) is 63.9 Å². The van der Waals surface area contributed by atoms with Gasteiger partial charge in [0.1, 0.15) is 0 Å². The van der Waals surface area contributed by atoms with Crippen molar-refractivity contribution >= 4 is 5.91 Å². The van der Waals surface area contributed by atoms with Gasteiger partial charge >= 0.3 is 0 Å². The summed E-state index contributed by atoms with van der Waals surface area (Å²) >= 11 is 0. The summed E-state index contributed by atoms with van der Waals surface area (Å²) in [5.74, 6) is 0.115. The maximum atomic E-state index is 13.5. The minimum Gasteiger partial charge on any atom is -0.362 e. The summed E-state index contributed by atoms with van der Waals surface area (Å²) in [7, 11) is 1.93. The Morgan fingerprint density at radius 1 is 1.18 bits per heavy atom. The van der Waals surface area contributed by atoms with E-state index >= 15 is 0 Å². The van der Waals surface area contributed by atoms with Gasteiger partial charge in [-0.3, -0.25) is 14.4 Å². The van der Waals surface area contributed by atoms with Gasteiger partial charge in [-0.1, -0.05) is 42.5 Å². The molecule has 2 aliphatic rings. The molecule has 3 heterocycles. The van der Waals surface area contributed by atoms with Crippen molar-refractivity contribution in [1.82, 2.24) is 19.6 Å². The third kappa shape index (κ3) is 4.18. The molecule has 6 nitrogen and oxygen atoms in total. The van der Waals surface area contributed by atoms with E-state index in [1.54, 1.807) is 0 Å². The van der Waals surface area contributed by atoms with Crippen LogP contribution < -0.4 is 0 Å². The van der Waals surface area contributed by atoms with Gasteiger partial charge in [-0.25, -0.2) is 0 Å². The molecule has 1 fully saturated rings. The van der Waals surface area contributed by atoms with Crippen molar-refractivity contribution in [2.75, 3.05) is 32.8 Å². The molecule has 1 aromatic carbocycles. The Morgan fingerprint density at radius 3 is 2.82 bits per heavy atom. The molecule has 148 valence electrons. The highest BCUT2D eigenvalue weighted by molar-refractivity contribution is 5.86. The molecule has 0 aliphatic carbocycles. The molecule has 4 rings (SSSR count). The average Bonchev–Trinajstić information content (AvgIpc) is 3.06. The first-order valence-electron chi connectivity index (χ1n) is 9.97.